The van der Waals surface area contributed by atoms with Gasteiger partial charge in [0.15, 0.2) is 0 Å². The van der Waals surface area contributed by atoms with Crippen molar-refractivity contribution in [2.45, 2.75) is 40.3 Å². The molecular formula is C22H27N3O2. The van der Waals surface area contributed by atoms with Crippen molar-refractivity contribution in [1.82, 2.24) is 9.88 Å². The molecule has 0 aliphatic rings. The van der Waals surface area contributed by atoms with Crippen LogP contribution in [-0.2, 0) is 16.1 Å². The van der Waals surface area contributed by atoms with Gasteiger partial charge in [0, 0.05) is 25.0 Å². The highest BCUT2D eigenvalue weighted by atomic mass is 16.5. The molecule has 0 spiro atoms. The second-order valence-electron chi connectivity index (χ2n) is 6.78. The molecule has 1 unspecified atom stereocenters. The number of aromatic nitrogens is 1. The van der Waals surface area contributed by atoms with Gasteiger partial charge in [0.2, 0.25) is 0 Å². The molecule has 1 atom stereocenters. The molecule has 0 saturated heterocycles. The summed E-state index contributed by atoms with van der Waals surface area (Å²) in [5.74, 6) is -0.365. The predicted molar refractivity (Wildman–Crippen MR) is 107 cm³/mol. The smallest absolute Gasteiger partial charge is 0.262 e. The standard InChI is InChI=1S/C22H27N3O2/c1-15-8-6-7-9-19(15)13-24-22(26)21(12-23)11-20-10-16(2)25(18(20)4)17(3)14-27-5/h6-11,17H,13-14H2,1-5H3,(H,24,26)/b21-11+. The van der Waals surface area contributed by atoms with Crippen LogP contribution in [0.2, 0.25) is 0 Å². The van der Waals surface area contributed by atoms with Gasteiger partial charge in [-0.15, -0.1) is 0 Å². The van der Waals surface area contributed by atoms with Crippen molar-refractivity contribution in [2.24, 2.45) is 0 Å². The molecule has 0 radical (unpaired) electrons. The summed E-state index contributed by atoms with van der Waals surface area (Å²) in [4.78, 5) is 12.5. The van der Waals surface area contributed by atoms with E-state index in [4.69, 9.17) is 4.74 Å². The summed E-state index contributed by atoms with van der Waals surface area (Å²) < 4.78 is 7.41. The number of carbonyl (C=O) groups excluding carboxylic acids is 1. The second kappa shape index (κ2) is 9.20. The molecule has 0 fully saturated rings. The zero-order chi connectivity index (χ0) is 20.0. The Hall–Kier alpha value is -2.84. The monoisotopic (exact) mass is 365 g/mol. The number of nitrogens with zero attached hydrogens (tertiary/aromatic N) is 2. The van der Waals surface area contributed by atoms with Crippen LogP contribution in [0.1, 0.15) is 41.0 Å². The van der Waals surface area contributed by atoms with Gasteiger partial charge >= 0.3 is 0 Å². The number of nitriles is 1. The number of aryl methyl sites for hydroxylation is 2. The first-order chi connectivity index (χ1) is 12.9. The van der Waals surface area contributed by atoms with Crippen molar-refractivity contribution in [3.05, 3.63) is 64.0 Å². The van der Waals surface area contributed by atoms with Crippen LogP contribution in [0.15, 0.2) is 35.9 Å². The van der Waals surface area contributed by atoms with Crippen molar-refractivity contribution in [2.75, 3.05) is 13.7 Å². The Morgan fingerprint density at radius 3 is 2.67 bits per heavy atom. The van der Waals surface area contributed by atoms with Crippen LogP contribution < -0.4 is 5.32 Å². The van der Waals surface area contributed by atoms with Crippen molar-refractivity contribution in [3.8, 4) is 6.07 Å². The van der Waals surface area contributed by atoms with Crippen LogP contribution in [-0.4, -0.2) is 24.2 Å². The van der Waals surface area contributed by atoms with E-state index in [9.17, 15) is 10.1 Å². The van der Waals surface area contributed by atoms with Crippen LogP contribution in [0, 0.1) is 32.1 Å². The van der Waals surface area contributed by atoms with Gasteiger partial charge in [-0.1, -0.05) is 24.3 Å². The average Bonchev–Trinajstić information content (AvgIpc) is 2.92. The minimum atomic E-state index is -0.365. The van der Waals surface area contributed by atoms with Crippen LogP contribution in [0.25, 0.3) is 6.08 Å². The molecule has 142 valence electrons. The number of ether oxygens (including phenoxy) is 1. The molecule has 2 rings (SSSR count). The minimum absolute atomic E-state index is 0.100. The Morgan fingerprint density at radius 1 is 1.33 bits per heavy atom. The van der Waals surface area contributed by atoms with E-state index in [1.165, 1.54) is 0 Å². The summed E-state index contributed by atoms with van der Waals surface area (Å²) in [5, 5.41) is 12.3. The first-order valence-corrected chi connectivity index (χ1v) is 9.00. The molecule has 1 amide bonds. The Kier molecular flexibility index (Phi) is 6.98. The molecule has 0 saturated carbocycles. The second-order valence-corrected chi connectivity index (χ2v) is 6.78. The van der Waals surface area contributed by atoms with Gasteiger partial charge in [-0.05, 0) is 56.5 Å². The molecule has 5 heteroatoms. The Morgan fingerprint density at radius 2 is 2.04 bits per heavy atom. The lowest BCUT2D eigenvalue weighted by molar-refractivity contribution is -0.117. The molecule has 27 heavy (non-hydrogen) atoms. The third kappa shape index (κ3) is 4.87. The largest absolute Gasteiger partial charge is 0.383 e. The number of carbonyl (C=O) groups is 1. The van der Waals surface area contributed by atoms with Gasteiger partial charge in [-0.3, -0.25) is 4.79 Å². The zero-order valence-electron chi connectivity index (χ0n) is 16.7. The van der Waals surface area contributed by atoms with Crippen molar-refractivity contribution >= 4 is 12.0 Å². The molecule has 1 aromatic carbocycles. The summed E-state index contributed by atoms with van der Waals surface area (Å²) >= 11 is 0. The van der Waals surface area contributed by atoms with E-state index in [1.54, 1.807) is 13.2 Å². The maximum Gasteiger partial charge on any atom is 0.262 e. The topological polar surface area (TPSA) is 67.0 Å². The molecule has 0 aliphatic heterocycles. The Bertz CT molecular complexity index is 887. The zero-order valence-corrected chi connectivity index (χ0v) is 16.7. The van der Waals surface area contributed by atoms with E-state index < -0.39 is 0 Å². The summed E-state index contributed by atoms with van der Waals surface area (Å²) in [6, 6.07) is 12.1. The third-order valence-corrected chi connectivity index (χ3v) is 4.74. The van der Waals surface area contributed by atoms with Crippen LogP contribution in [0.5, 0.6) is 0 Å². The average molecular weight is 365 g/mol. The lowest BCUT2D eigenvalue weighted by Gasteiger charge is -2.17. The van der Waals surface area contributed by atoms with Gasteiger partial charge in [-0.25, -0.2) is 0 Å². The van der Waals surface area contributed by atoms with Gasteiger partial charge in [0.25, 0.3) is 5.91 Å². The number of rotatable bonds is 7. The van der Waals surface area contributed by atoms with Gasteiger partial charge in [-0.2, -0.15) is 5.26 Å². The normalized spacial score (nSPS) is 12.5. The van der Waals surface area contributed by atoms with E-state index in [0.717, 1.165) is 28.1 Å². The van der Waals surface area contributed by atoms with Crippen LogP contribution in [0.4, 0.5) is 0 Å². The molecule has 2 aromatic rings. The highest BCUT2D eigenvalue weighted by Gasteiger charge is 2.15. The van der Waals surface area contributed by atoms with Gasteiger partial charge in [0.05, 0.1) is 12.6 Å². The van der Waals surface area contributed by atoms with Crippen molar-refractivity contribution in [1.29, 1.82) is 5.26 Å². The van der Waals surface area contributed by atoms with E-state index >= 15 is 0 Å². The van der Waals surface area contributed by atoms with Crippen LogP contribution in [0.3, 0.4) is 0 Å². The maximum atomic E-state index is 12.5. The lowest BCUT2D eigenvalue weighted by Crippen LogP contribution is -2.24. The van der Waals surface area contributed by atoms with Gasteiger partial charge < -0.3 is 14.6 Å². The number of methoxy groups -OCH3 is 1. The fourth-order valence-electron chi connectivity index (χ4n) is 3.33. The Labute approximate surface area is 161 Å². The van der Waals surface area contributed by atoms with Crippen molar-refractivity contribution < 1.29 is 9.53 Å². The van der Waals surface area contributed by atoms with E-state index in [2.05, 4.69) is 16.8 Å². The fraction of sp³-hybridized carbons (Fsp3) is 0.364. The lowest BCUT2D eigenvalue weighted by atomic mass is 10.1. The summed E-state index contributed by atoms with van der Waals surface area (Å²) in [7, 11) is 1.68. The predicted octanol–water partition coefficient (Wildman–Crippen LogP) is 3.84. The number of amides is 1. The molecule has 1 N–H and O–H groups in total. The van der Waals surface area contributed by atoms with Crippen molar-refractivity contribution in [3.63, 3.8) is 0 Å². The molecule has 0 aliphatic carbocycles. The third-order valence-electron chi connectivity index (χ3n) is 4.74. The highest BCUT2D eigenvalue weighted by Crippen LogP contribution is 2.22. The summed E-state index contributed by atoms with van der Waals surface area (Å²) in [6.45, 7) is 9.08. The summed E-state index contributed by atoms with van der Waals surface area (Å²) in [6.07, 6.45) is 1.66. The quantitative estimate of drug-likeness (QED) is 0.599. The van der Waals surface area contributed by atoms with Crippen LogP contribution >= 0.6 is 0 Å². The highest BCUT2D eigenvalue weighted by molar-refractivity contribution is 6.01. The molecule has 5 nitrogen and oxygen atoms in total. The molecule has 0 bridgehead atoms. The number of hydrogen-bond donors (Lipinski definition) is 1. The molecule has 1 heterocycles. The number of benzene rings is 1. The van der Waals surface area contributed by atoms with E-state index in [1.807, 2.05) is 57.2 Å². The molecular weight excluding hydrogens is 338 g/mol. The Balaban J connectivity index is 2.21. The molecule has 1 aromatic heterocycles. The van der Waals surface area contributed by atoms with Gasteiger partial charge in [0.1, 0.15) is 11.6 Å². The van der Waals surface area contributed by atoms with E-state index in [-0.39, 0.29) is 17.5 Å². The first kappa shape index (κ1) is 20.5. The SMILES string of the molecule is COCC(C)n1c(C)cc(/C=C(\C#N)C(=O)NCc2ccccc2C)c1C. The number of hydrogen-bond acceptors (Lipinski definition) is 3. The minimum Gasteiger partial charge on any atom is -0.383 e. The number of nitrogens with one attached hydrogen (secondary N) is 1. The first-order valence-electron chi connectivity index (χ1n) is 9.00. The maximum absolute atomic E-state index is 12.5. The summed E-state index contributed by atoms with van der Waals surface area (Å²) in [5.41, 5.74) is 5.20. The fourth-order valence-corrected chi connectivity index (χ4v) is 3.33. The van der Waals surface area contributed by atoms with E-state index in [0.29, 0.717) is 13.2 Å².